The largest absolute Gasteiger partial charge is 0.325 e. The summed E-state index contributed by atoms with van der Waals surface area (Å²) >= 11 is 1.28. The van der Waals surface area contributed by atoms with Crippen LogP contribution in [0, 0.1) is 17.2 Å². The van der Waals surface area contributed by atoms with Crippen LogP contribution in [0.1, 0.15) is 17.8 Å². The molecule has 1 aromatic heterocycles. The maximum absolute atomic E-state index is 12.2. The van der Waals surface area contributed by atoms with E-state index in [1.54, 1.807) is 12.1 Å². The zero-order valence-electron chi connectivity index (χ0n) is 15.5. The Morgan fingerprint density at radius 3 is 2.75 bits per heavy atom. The maximum Gasteiger partial charge on any atom is 0.234 e. The molecule has 2 heterocycles. The highest BCUT2D eigenvalue weighted by Gasteiger charge is 2.29. The van der Waals surface area contributed by atoms with Crippen molar-refractivity contribution in [3.05, 3.63) is 35.7 Å². The Bertz CT molecular complexity index is 993. The molecular weight excluding hydrogens is 398 g/mol. The van der Waals surface area contributed by atoms with Gasteiger partial charge in [-0.2, -0.15) is 5.26 Å². The maximum atomic E-state index is 12.2. The smallest absolute Gasteiger partial charge is 0.234 e. The molecule has 0 bridgehead atoms. The van der Waals surface area contributed by atoms with E-state index in [0.29, 0.717) is 30.1 Å². The summed E-state index contributed by atoms with van der Waals surface area (Å²) in [4.78, 5) is 12.2. The van der Waals surface area contributed by atoms with Crippen LogP contribution < -0.4 is 5.32 Å². The Morgan fingerprint density at radius 2 is 2.11 bits per heavy atom. The molecular formula is C18H21N5O3S2. The van der Waals surface area contributed by atoms with Gasteiger partial charge >= 0.3 is 0 Å². The van der Waals surface area contributed by atoms with Crippen molar-refractivity contribution >= 4 is 33.2 Å². The Morgan fingerprint density at radius 1 is 1.36 bits per heavy atom. The zero-order chi connectivity index (χ0) is 20.1. The fraction of sp³-hybridized carbons (Fsp3) is 0.444. The molecule has 28 heavy (non-hydrogen) atoms. The van der Waals surface area contributed by atoms with Crippen molar-refractivity contribution in [2.75, 3.05) is 22.6 Å². The van der Waals surface area contributed by atoms with E-state index in [2.05, 4.69) is 21.6 Å². The first kappa shape index (κ1) is 20.4. The van der Waals surface area contributed by atoms with Crippen molar-refractivity contribution in [2.24, 2.45) is 13.0 Å². The highest BCUT2D eigenvalue weighted by atomic mass is 32.2. The molecule has 8 nitrogen and oxygen atoms in total. The van der Waals surface area contributed by atoms with Gasteiger partial charge in [-0.25, -0.2) is 8.42 Å². The molecule has 0 unspecified atom stereocenters. The average Bonchev–Trinajstić information content (AvgIpc) is 3.17. The highest BCUT2D eigenvalue weighted by molar-refractivity contribution is 7.99. The Labute approximate surface area is 168 Å². The predicted octanol–water partition coefficient (Wildman–Crippen LogP) is 1.59. The fourth-order valence-corrected chi connectivity index (χ4v) is 5.66. The van der Waals surface area contributed by atoms with Gasteiger partial charge in [0.25, 0.3) is 0 Å². The van der Waals surface area contributed by atoms with Crippen LogP contribution in [0.5, 0.6) is 0 Å². The molecule has 1 aliphatic rings. The number of anilines is 1. The molecule has 0 radical (unpaired) electrons. The molecule has 0 spiro atoms. The number of nitrogens with zero attached hydrogens (tertiary/aromatic N) is 4. The van der Waals surface area contributed by atoms with Crippen LogP contribution in [-0.4, -0.2) is 46.3 Å². The Kier molecular flexibility index (Phi) is 6.36. The number of sulfone groups is 1. The van der Waals surface area contributed by atoms with E-state index < -0.39 is 9.84 Å². The summed E-state index contributed by atoms with van der Waals surface area (Å²) in [6.07, 6.45) is 1.57. The summed E-state index contributed by atoms with van der Waals surface area (Å²) in [5.41, 5.74) is 1.57. The summed E-state index contributed by atoms with van der Waals surface area (Å²) in [5.74, 6) is 1.29. The summed E-state index contributed by atoms with van der Waals surface area (Å²) in [7, 11) is -1.08. The molecule has 1 aromatic carbocycles. The van der Waals surface area contributed by atoms with Crippen LogP contribution in [0.2, 0.25) is 0 Å². The molecule has 2 aromatic rings. The minimum atomic E-state index is -2.91. The zero-order valence-corrected chi connectivity index (χ0v) is 17.1. The SMILES string of the molecule is Cn1c(C[C@H]2CCS(=O)(=O)C2)nnc1SCC(=O)Nc1ccc(CC#N)cc1. The molecule has 10 heteroatoms. The van der Waals surface area contributed by atoms with Gasteiger partial charge in [-0.05, 0) is 30.0 Å². The van der Waals surface area contributed by atoms with Crippen molar-refractivity contribution < 1.29 is 13.2 Å². The van der Waals surface area contributed by atoms with Crippen molar-refractivity contribution in [3.8, 4) is 6.07 Å². The third kappa shape index (κ3) is 5.33. The molecule has 3 rings (SSSR count). The summed E-state index contributed by atoms with van der Waals surface area (Å²) in [6.45, 7) is 0. The summed E-state index contributed by atoms with van der Waals surface area (Å²) < 4.78 is 25.0. The van der Waals surface area contributed by atoms with Crippen LogP contribution in [0.25, 0.3) is 0 Å². The lowest BCUT2D eigenvalue weighted by Crippen LogP contribution is -2.14. The lowest BCUT2D eigenvalue weighted by molar-refractivity contribution is -0.113. The number of carbonyl (C=O) groups excluding carboxylic acids is 1. The number of nitrogens with one attached hydrogen (secondary N) is 1. The molecule has 1 amide bonds. The first-order valence-corrected chi connectivity index (χ1v) is 11.6. The van der Waals surface area contributed by atoms with Crippen molar-refractivity contribution in [3.63, 3.8) is 0 Å². The number of nitriles is 1. The quantitative estimate of drug-likeness (QED) is 0.677. The first-order chi connectivity index (χ1) is 13.4. The summed E-state index contributed by atoms with van der Waals surface area (Å²) in [5, 5.41) is 20.4. The van der Waals surface area contributed by atoms with Gasteiger partial charge in [0, 0.05) is 19.2 Å². The third-order valence-electron chi connectivity index (χ3n) is 4.58. The number of thioether (sulfide) groups is 1. The second kappa shape index (κ2) is 8.75. The predicted molar refractivity (Wildman–Crippen MR) is 107 cm³/mol. The number of benzene rings is 1. The minimum absolute atomic E-state index is 0.0815. The van der Waals surface area contributed by atoms with Crippen LogP contribution >= 0.6 is 11.8 Å². The number of amides is 1. The van der Waals surface area contributed by atoms with Crippen LogP contribution in [0.4, 0.5) is 5.69 Å². The van der Waals surface area contributed by atoms with Gasteiger partial charge in [0.2, 0.25) is 5.91 Å². The van der Waals surface area contributed by atoms with Crippen LogP contribution in [-0.2, 0) is 34.5 Å². The van der Waals surface area contributed by atoms with Crippen LogP contribution in [0.3, 0.4) is 0 Å². The molecule has 0 aliphatic carbocycles. The third-order valence-corrected chi connectivity index (χ3v) is 7.43. The molecule has 148 valence electrons. The van der Waals surface area contributed by atoms with Gasteiger partial charge in [-0.15, -0.1) is 10.2 Å². The highest BCUT2D eigenvalue weighted by Crippen LogP contribution is 2.24. The van der Waals surface area contributed by atoms with Gasteiger partial charge in [0.15, 0.2) is 15.0 Å². The molecule has 1 atom stereocenters. The van der Waals surface area contributed by atoms with E-state index in [-0.39, 0.29) is 29.1 Å². The first-order valence-electron chi connectivity index (χ1n) is 8.83. The number of rotatable bonds is 7. The van der Waals surface area contributed by atoms with Crippen molar-refractivity contribution in [2.45, 2.75) is 24.4 Å². The van der Waals surface area contributed by atoms with E-state index >= 15 is 0 Å². The normalized spacial score (nSPS) is 17.9. The van der Waals surface area contributed by atoms with Gasteiger partial charge in [-0.3, -0.25) is 4.79 Å². The second-order valence-electron chi connectivity index (χ2n) is 6.80. The monoisotopic (exact) mass is 419 g/mol. The second-order valence-corrected chi connectivity index (χ2v) is 9.97. The lowest BCUT2D eigenvalue weighted by atomic mass is 10.1. The fourth-order valence-electron chi connectivity index (χ4n) is 3.06. The van der Waals surface area contributed by atoms with E-state index in [1.165, 1.54) is 11.8 Å². The van der Waals surface area contributed by atoms with E-state index in [0.717, 1.165) is 11.4 Å². The lowest BCUT2D eigenvalue weighted by Gasteiger charge is -2.08. The van der Waals surface area contributed by atoms with Gasteiger partial charge < -0.3 is 9.88 Å². The van der Waals surface area contributed by atoms with Gasteiger partial charge in [-0.1, -0.05) is 23.9 Å². The van der Waals surface area contributed by atoms with Crippen LogP contribution in [0.15, 0.2) is 29.4 Å². The number of hydrogen-bond acceptors (Lipinski definition) is 7. The van der Waals surface area contributed by atoms with Gasteiger partial charge in [0.05, 0.1) is 29.7 Å². The van der Waals surface area contributed by atoms with Crippen molar-refractivity contribution in [1.29, 1.82) is 5.26 Å². The molecule has 1 N–H and O–H groups in total. The number of carbonyl (C=O) groups is 1. The molecule has 0 saturated carbocycles. The number of hydrogen-bond donors (Lipinski definition) is 1. The molecule has 1 saturated heterocycles. The molecule has 1 aliphatic heterocycles. The average molecular weight is 420 g/mol. The van der Waals surface area contributed by atoms with E-state index in [1.807, 2.05) is 23.7 Å². The molecule has 1 fully saturated rings. The van der Waals surface area contributed by atoms with E-state index in [9.17, 15) is 13.2 Å². The van der Waals surface area contributed by atoms with Crippen molar-refractivity contribution in [1.82, 2.24) is 14.8 Å². The standard InChI is InChI=1S/C18H21N5O3S2/c1-23-16(10-14-7-9-28(25,26)12-14)21-22-18(23)27-11-17(24)20-15-4-2-13(3-5-15)6-8-19/h2-5,14H,6-7,9-12H2,1H3,(H,20,24)/t14-/m1/s1. The number of aromatic nitrogens is 3. The summed E-state index contributed by atoms with van der Waals surface area (Å²) in [6, 6.07) is 9.24. The Hall–Kier alpha value is -2.38. The van der Waals surface area contributed by atoms with Gasteiger partial charge in [0.1, 0.15) is 5.82 Å². The topological polar surface area (TPSA) is 118 Å². The Balaban J connectivity index is 1.51. The minimum Gasteiger partial charge on any atom is -0.325 e. The van der Waals surface area contributed by atoms with E-state index in [4.69, 9.17) is 5.26 Å².